The SMILES string of the molecule is CC1CCCCN1C(=O)COc1ncnc2sc3c(c12)CCCCC3. The number of fused-ring (bicyclic) bond motifs is 3. The van der Waals surface area contributed by atoms with Gasteiger partial charge in [0, 0.05) is 17.5 Å². The Balaban J connectivity index is 1.55. The van der Waals surface area contributed by atoms with Crippen LogP contribution in [0.3, 0.4) is 0 Å². The number of ether oxygens (including phenoxy) is 1. The van der Waals surface area contributed by atoms with Crippen molar-refractivity contribution in [3.8, 4) is 5.88 Å². The first-order valence-electron chi connectivity index (χ1n) is 9.41. The summed E-state index contributed by atoms with van der Waals surface area (Å²) in [7, 11) is 0. The van der Waals surface area contributed by atoms with Crippen molar-refractivity contribution in [2.75, 3.05) is 13.2 Å². The van der Waals surface area contributed by atoms with Gasteiger partial charge in [0.25, 0.3) is 5.91 Å². The van der Waals surface area contributed by atoms with E-state index >= 15 is 0 Å². The molecule has 1 amide bonds. The molecule has 3 heterocycles. The first kappa shape index (κ1) is 16.8. The van der Waals surface area contributed by atoms with Crippen molar-refractivity contribution in [1.82, 2.24) is 14.9 Å². The lowest BCUT2D eigenvalue weighted by molar-refractivity contribution is -0.136. The molecular weight excluding hydrogens is 334 g/mol. The average molecular weight is 359 g/mol. The minimum atomic E-state index is 0.0697. The number of carbonyl (C=O) groups is 1. The molecule has 1 atom stereocenters. The summed E-state index contributed by atoms with van der Waals surface area (Å²) < 4.78 is 5.91. The number of likely N-dealkylation sites (tertiary alicyclic amines) is 1. The van der Waals surface area contributed by atoms with E-state index in [9.17, 15) is 4.79 Å². The Labute approximate surface area is 152 Å². The third-order valence-corrected chi connectivity index (χ3v) is 6.62. The minimum absolute atomic E-state index is 0.0697. The fraction of sp³-hybridized carbons (Fsp3) is 0.632. The van der Waals surface area contributed by atoms with Gasteiger partial charge in [-0.15, -0.1) is 11.3 Å². The third kappa shape index (κ3) is 3.36. The lowest BCUT2D eigenvalue weighted by Crippen LogP contribution is -2.44. The number of aryl methyl sites for hydroxylation is 2. The predicted octanol–water partition coefficient (Wildman–Crippen LogP) is 3.74. The second-order valence-electron chi connectivity index (χ2n) is 7.14. The second kappa shape index (κ2) is 7.28. The molecule has 4 rings (SSSR count). The number of piperidine rings is 1. The van der Waals surface area contributed by atoms with Crippen LogP contribution in [-0.2, 0) is 17.6 Å². The summed E-state index contributed by atoms with van der Waals surface area (Å²) in [6, 6.07) is 0.313. The molecule has 0 spiro atoms. The van der Waals surface area contributed by atoms with Crippen molar-refractivity contribution in [3.05, 3.63) is 16.8 Å². The molecule has 2 aromatic heterocycles. The first-order valence-corrected chi connectivity index (χ1v) is 10.2. The van der Waals surface area contributed by atoms with Crippen molar-refractivity contribution in [3.63, 3.8) is 0 Å². The molecular formula is C19H25N3O2S. The lowest BCUT2D eigenvalue weighted by Gasteiger charge is -2.33. The minimum Gasteiger partial charge on any atom is -0.467 e. The summed E-state index contributed by atoms with van der Waals surface area (Å²) in [6.45, 7) is 3.04. The van der Waals surface area contributed by atoms with Gasteiger partial charge in [0.1, 0.15) is 11.2 Å². The van der Waals surface area contributed by atoms with Crippen molar-refractivity contribution >= 4 is 27.5 Å². The maximum Gasteiger partial charge on any atom is 0.260 e. The van der Waals surface area contributed by atoms with Crippen molar-refractivity contribution < 1.29 is 9.53 Å². The van der Waals surface area contributed by atoms with E-state index in [1.807, 2.05) is 4.90 Å². The molecule has 2 aromatic rings. The Bertz CT molecular complexity index is 773. The van der Waals surface area contributed by atoms with E-state index in [0.29, 0.717) is 11.9 Å². The summed E-state index contributed by atoms with van der Waals surface area (Å²) in [5.74, 6) is 0.655. The highest BCUT2D eigenvalue weighted by Gasteiger charge is 2.25. The maximum atomic E-state index is 12.6. The van der Waals surface area contributed by atoms with Crippen LogP contribution in [0.15, 0.2) is 6.33 Å². The molecule has 0 saturated carbocycles. The summed E-state index contributed by atoms with van der Waals surface area (Å²) in [6.07, 6.45) is 10.9. The molecule has 0 radical (unpaired) electrons. The fourth-order valence-corrected chi connectivity index (χ4v) is 5.25. The molecule has 0 bridgehead atoms. The molecule has 0 aromatic carbocycles. The van der Waals surface area contributed by atoms with Crippen LogP contribution in [0.25, 0.3) is 10.2 Å². The highest BCUT2D eigenvalue weighted by molar-refractivity contribution is 7.18. The van der Waals surface area contributed by atoms with Gasteiger partial charge in [-0.25, -0.2) is 9.97 Å². The number of nitrogens with zero attached hydrogens (tertiary/aromatic N) is 3. The molecule has 5 nitrogen and oxygen atoms in total. The van der Waals surface area contributed by atoms with Gasteiger partial charge in [0.2, 0.25) is 5.88 Å². The normalized spacial score (nSPS) is 21.0. The number of carbonyl (C=O) groups excluding carboxylic acids is 1. The monoisotopic (exact) mass is 359 g/mol. The van der Waals surface area contributed by atoms with Gasteiger partial charge in [-0.3, -0.25) is 4.79 Å². The summed E-state index contributed by atoms with van der Waals surface area (Å²) in [5.41, 5.74) is 1.35. The number of hydrogen-bond donors (Lipinski definition) is 0. The average Bonchev–Trinajstić information content (AvgIpc) is 2.82. The topological polar surface area (TPSA) is 55.3 Å². The van der Waals surface area contributed by atoms with Crippen molar-refractivity contribution in [2.24, 2.45) is 0 Å². The molecule has 134 valence electrons. The van der Waals surface area contributed by atoms with Crippen LogP contribution in [0.1, 0.15) is 55.9 Å². The Morgan fingerprint density at radius 2 is 2.12 bits per heavy atom. The van der Waals surface area contributed by atoms with E-state index in [1.165, 1.54) is 36.1 Å². The Hall–Kier alpha value is -1.69. The van der Waals surface area contributed by atoms with E-state index in [-0.39, 0.29) is 12.5 Å². The van der Waals surface area contributed by atoms with Crippen LogP contribution in [0, 0.1) is 0 Å². The van der Waals surface area contributed by atoms with Crippen molar-refractivity contribution in [2.45, 2.75) is 64.3 Å². The maximum absolute atomic E-state index is 12.6. The van der Waals surface area contributed by atoms with Crippen LogP contribution in [0.4, 0.5) is 0 Å². The molecule has 1 aliphatic carbocycles. The largest absolute Gasteiger partial charge is 0.467 e. The molecule has 25 heavy (non-hydrogen) atoms. The molecule has 1 aliphatic heterocycles. The van der Waals surface area contributed by atoms with Gasteiger partial charge < -0.3 is 9.64 Å². The fourth-order valence-electron chi connectivity index (χ4n) is 4.03. The number of aromatic nitrogens is 2. The van der Waals surface area contributed by atoms with E-state index in [0.717, 1.165) is 42.4 Å². The van der Waals surface area contributed by atoms with Crippen LogP contribution >= 0.6 is 11.3 Å². The van der Waals surface area contributed by atoms with Gasteiger partial charge in [-0.05, 0) is 57.4 Å². The number of amides is 1. The van der Waals surface area contributed by atoms with Crippen LogP contribution < -0.4 is 4.74 Å². The lowest BCUT2D eigenvalue weighted by atomic mass is 10.0. The number of thiophene rings is 1. The zero-order chi connectivity index (χ0) is 17.2. The van der Waals surface area contributed by atoms with Crippen LogP contribution in [0.5, 0.6) is 5.88 Å². The zero-order valence-electron chi connectivity index (χ0n) is 14.8. The van der Waals surface area contributed by atoms with Gasteiger partial charge in [0.05, 0.1) is 5.39 Å². The number of rotatable bonds is 3. The standard InChI is InChI=1S/C19H25N3O2S/c1-13-7-5-6-10-22(13)16(23)11-24-18-17-14-8-3-2-4-9-15(14)25-19(17)21-12-20-18/h12-13H,2-11H2,1H3. The molecule has 2 aliphatic rings. The Kier molecular flexibility index (Phi) is 4.88. The third-order valence-electron chi connectivity index (χ3n) is 5.42. The molecule has 0 N–H and O–H groups in total. The van der Waals surface area contributed by atoms with E-state index < -0.39 is 0 Å². The second-order valence-corrected chi connectivity index (χ2v) is 8.23. The smallest absolute Gasteiger partial charge is 0.260 e. The molecule has 1 unspecified atom stereocenters. The molecule has 6 heteroatoms. The Morgan fingerprint density at radius 3 is 3.00 bits per heavy atom. The molecule has 1 fully saturated rings. The summed E-state index contributed by atoms with van der Waals surface area (Å²) in [4.78, 5) is 25.7. The summed E-state index contributed by atoms with van der Waals surface area (Å²) in [5, 5.41) is 1.05. The van der Waals surface area contributed by atoms with E-state index in [2.05, 4.69) is 16.9 Å². The molecule has 1 saturated heterocycles. The predicted molar refractivity (Wildman–Crippen MR) is 99.2 cm³/mol. The number of hydrogen-bond acceptors (Lipinski definition) is 5. The van der Waals surface area contributed by atoms with E-state index in [4.69, 9.17) is 4.74 Å². The van der Waals surface area contributed by atoms with Gasteiger partial charge in [0.15, 0.2) is 6.61 Å². The quantitative estimate of drug-likeness (QED) is 0.784. The Morgan fingerprint density at radius 1 is 1.24 bits per heavy atom. The van der Waals surface area contributed by atoms with Crippen molar-refractivity contribution in [1.29, 1.82) is 0 Å². The highest BCUT2D eigenvalue weighted by Crippen LogP contribution is 2.38. The van der Waals surface area contributed by atoms with Crippen LogP contribution in [0.2, 0.25) is 0 Å². The van der Waals surface area contributed by atoms with Gasteiger partial charge in [-0.2, -0.15) is 0 Å². The van der Waals surface area contributed by atoms with Gasteiger partial charge >= 0.3 is 0 Å². The zero-order valence-corrected chi connectivity index (χ0v) is 15.6. The van der Waals surface area contributed by atoms with Gasteiger partial charge in [-0.1, -0.05) is 6.42 Å². The highest BCUT2D eigenvalue weighted by atomic mass is 32.1. The van der Waals surface area contributed by atoms with E-state index in [1.54, 1.807) is 17.7 Å². The first-order chi connectivity index (χ1) is 12.2. The summed E-state index contributed by atoms with van der Waals surface area (Å²) >= 11 is 1.76. The van der Waals surface area contributed by atoms with Crippen LogP contribution in [-0.4, -0.2) is 40.0 Å².